The van der Waals surface area contributed by atoms with Crippen LogP contribution in [0, 0.1) is 19.8 Å². The van der Waals surface area contributed by atoms with Crippen LogP contribution >= 0.6 is 0 Å². The van der Waals surface area contributed by atoms with Crippen LogP contribution in [-0.2, 0) is 11.2 Å². The monoisotopic (exact) mass is 391 g/mol. The third kappa shape index (κ3) is 4.47. The molecule has 2 aromatic heterocycles. The molecular formula is C23H29N5O. The van der Waals surface area contributed by atoms with Gasteiger partial charge in [-0.25, -0.2) is 0 Å². The van der Waals surface area contributed by atoms with Crippen molar-refractivity contribution in [3.63, 3.8) is 0 Å². The fourth-order valence-corrected chi connectivity index (χ4v) is 3.97. The summed E-state index contributed by atoms with van der Waals surface area (Å²) in [4.78, 5) is 12.4. The van der Waals surface area contributed by atoms with Crippen molar-refractivity contribution >= 4 is 11.6 Å². The maximum atomic E-state index is 12.4. The Bertz CT molecular complexity index is 1020. The summed E-state index contributed by atoms with van der Waals surface area (Å²) in [6.45, 7) is 6.49. The number of aromatic nitrogens is 4. The average Bonchev–Trinajstić information content (AvgIpc) is 3.12. The molecule has 4 rings (SSSR count). The summed E-state index contributed by atoms with van der Waals surface area (Å²) in [5.74, 6) is 1.59. The van der Waals surface area contributed by atoms with Crippen LogP contribution in [0.5, 0.6) is 0 Å². The summed E-state index contributed by atoms with van der Waals surface area (Å²) in [6, 6.07) is 10.6. The third-order valence-electron chi connectivity index (χ3n) is 6.09. The fraction of sp³-hybridized carbons (Fsp3) is 0.478. The van der Waals surface area contributed by atoms with E-state index >= 15 is 0 Å². The number of nitrogens with one attached hydrogen (secondary N) is 1. The molecule has 1 aromatic carbocycles. The molecule has 0 aliphatic heterocycles. The van der Waals surface area contributed by atoms with E-state index in [0.717, 1.165) is 35.8 Å². The van der Waals surface area contributed by atoms with E-state index in [4.69, 9.17) is 5.10 Å². The molecule has 2 heterocycles. The first-order valence-electron chi connectivity index (χ1n) is 10.6. The largest absolute Gasteiger partial charge is 0.353 e. The third-order valence-corrected chi connectivity index (χ3v) is 6.09. The molecule has 0 saturated heterocycles. The van der Waals surface area contributed by atoms with E-state index in [0.29, 0.717) is 24.5 Å². The number of aryl methyl sites for hydroxylation is 3. The van der Waals surface area contributed by atoms with Gasteiger partial charge in [-0.1, -0.05) is 19.1 Å². The maximum Gasteiger partial charge on any atom is 0.220 e. The predicted octanol–water partition coefficient (Wildman–Crippen LogP) is 4.04. The Balaban J connectivity index is 1.45. The minimum Gasteiger partial charge on any atom is -0.353 e. The molecule has 1 fully saturated rings. The number of hydrogen-bond acceptors (Lipinski definition) is 4. The molecule has 6 nitrogen and oxygen atoms in total. The molecule has 152 valence electrons. The van der Waals surface area contributed by atoms with E-state index in [1.54, 1.807) is 4.52 Å². The molecule has 0 bridgehead atoms. The van der Waals surface area contributed by atoms with Crippen molar-refractivity contribution in [1.29, 1.82) is 0 Å². The number of carbonyl (C=O) groups is 1. The van der Waals surface area contributed by atoms with Gasteiger partial charge >= 0.3 is 0 Å². The number of rotatable bonds is 5. The highest BCUT2D eigenvalue weighted by Crippen LogP contribution is 2.24. The first-order valence-corrected chi connectivity index (χ1v) is 10.6. The van der Waals surface area contributed by atoms with Crippen molar-refractivity contribution in [2.45, 2.75) is 65.3 Å². The first kappa shape index (κ1) is 19.6. The van der Waals surface area contributed by atoms with Gasteiger partial charge in [0.25, 0.3) is 0 Å². The fourth-order valence-electron chi connectivity index (χ4n) is 3.97. The highest BCUT2D eigenvalue weighted by Gasteiger charge is 2.20. The van der Waals surface area contributed by atoms with Crippen LogP contribution in [0.3, 0.4) is 0 Å². The number of amides is 1. The lowest BCUT2D eigenvalue weighted by atomic mass is 9.87. The van der Waals surface area contributed by atoms with Crippen LogP contribution in [0.25, 0.3) is 16.9 Å². The van der Waals surface area contributed by atoms with Crippen LogP contribution in [0.4, 0.5) is 0 Å². The van der Waals surface area contributed by atoms with Gasteiger partial charge in [-0.15, -0.1) is 10.2 Å². The minimum absolute atomic E-state index is 0.0895. The number of hydrogen-bond donors (Lipinski definition) is 1. The van der Waals surface area contributed by atoms with Gasteiger partial charge < -0.3 is 5.32 Å². The highest BCUT2D eigenvalue weighted by atomic mass is 16.1. The Kier molecular flexibility index (Phi) is 5.60. The Morgan fingerprint density at radius 3 is 2.62 bits per heavy atom. The maximum absolute atomic E-state index is 12.4. The van der Waals surface area contributed by atoms with Crippen molar-refractivity contribution in [3.05, 3.63) is 47.3 Å². The summed E-state index contributed by atoms with van der Waals surface area (Å²) in [7, 11) is 0. The lowest BCUT2D eigenvalue weighted by Crippen LogP contribution is -2.37. The van der Waals surface area contributed by atoms with E-state index in [1.165, 1.54) is 24.0 Å². The Labute approximate surface area is 171 Å². The van der Waals surface area contributed by atoms with Crippen LogP contribution in [-0.4, -0.2) is 31.8 Å². The van der Waals surface area contributed by atoms with Crippen LogP contribution < -0.4 is 5.32 Å². The van der Waals surface area contributed by atoms with Gasteiger partial charge in [-0.2, -0.15) is 9.61 Å². The van der Waals surface area contributed by atoms with Gasteiger partial charge in [0.05, 0.1) is 5.69 Å². The normalized spacial score (nSPS) is 19.4. The van der Waals surface area contributed by atoms with Gasteiger partial charge in [-0.05, 0) is 74.8 Å². The molecule has 6 heteroatoms. The minimum atomic E-state index is 0.0895. The number of carbonyl (C=O) groups excluding carboxylic acids is 1. The summed E-state index contributed by atoms with van der Waals surface area (Å²) in [5.41, 5.74) is 5.15. The topological polar surface area (TPSA) is 72.2 Å². The molecule has 1 aliphatic carbocycles. The molecular weight excluding hydrogens is 362 g/mol. The lowest BCUT2D eigenvalue weighted by Gasteiger charge is -2.26. The molecule has 0 unspecified atom stereocenters. The highest BCUT2D eigenvalue weighted by molar-refractivity contribution is 5.76. The zero-order valence-corrected chi connectivity index (χ0v) is 17.5. The van der Waals surface area contributed by atoms with E-state index < -0.39 is 0 Å². The standard InChI is InChI=1S/C23H29N5O/c1-15-4-8-19(9-5-15)24-23(29)13-12-22-26-25-21-11-10-20(27-28(21)22)18-7-6-16(2)17(3)14-18/h6-7,10-11,14-15,19H,4-5,8-9,12-13H2,1-3H3,(H,24,29). The number of nitrogens with zero attached hydrogens (tertiary/aromatic N) is 4. The summed E-state index contributed by atoms with van der Waals surface area (Å²) < 4.78 is 1.76. The van der Waals surface area contributed by atoms with Crippen molar-refractivity contribution in [2.24, 2.45) is 5.92 Å². The van der Waals surface area contributed by atoms with Gasteiger partial charge in [0.1, 0.15) is 0 Å². The van der Waals surface area contributed by atoms with Gasteiger partial charge in [0.15, 0.2) is 11.5 Å². The van der Waals surface area contributed by atoms with Crippen molar-refractivity contribution in [2.75, 3.05) is 0 Å². The van der Waals surface area contributed by atoms with Crippen molar-refractivity contribution < 1.29 is 4.79 Å². The van der Waals surface area contributed by atoms with E-state index in [2.05, 4.69) is 54.5 Å². The second-order valence-corrected chi connectivity index (χ2v) is 8.43. The number of fused-ring (bicyclic) bond motifs is 1. The predicted molar refractivity (Wildman–Crippen MR) is 114 cm³/mol. The number of benzene rings is 1. The molecule has 29 heavy (non-hydrogen) atoms. The Morgan fingerprint density at radius 1 is 1.07 bits per heavy atom. The van der Waals surface area contributed by atoms with Crippen LogP contribution in [0.1, 0.15) is 56.0 Å². The molecule has 1 amide bonds. The average molecular weight is 392 g/mol. The lowest BCUT2D eigenvalue weighted by molar-refractivity contribution is -0.122. The molecule has 1 saturated carbocycles. The zero-order valence-electron chi connectivity index (χ0n) is 17.5. The summed E-state index contributed by atoms with van der Waals surface area (Å²) >= 11 is 0. The Hall–Kier alpha value is -2.76. The molecule has 0 atom stereocenters. The van der Waals surface area contributed by atoms with Gasteiger partial charge in [0, 0.05) is 24.4 Å². The first-order chi connectivity index (χ1) is 14.0. The van der Waals surface area contributed by atoms with E-state index in [9.17, 15) is 4.79 Å². The van der Waals surface area contributed by atoms with Gasteiger partial charge in [-0.3, -0.25) is 4.79 Å². The molecule has 3 aromatic rings. The Morgan fingerprint density at radius 2 is 1.86 bits per heavy atom. The SMILES string of the molecule is Cc1ccc(-c2ccc3nnc(CCC(=O)NC4CCC(C)CC4)n3n2)cc1C. The van der Waals surface area contributed by atoms with Gasteiger partial charge in [0.2, 0.25) is 5.91 Å². The zero-order chi connectivity index (χ0) is 20.4. The second kappa shape index (κ2) is 8.31. The molecule has 0 radical (unpaired) electrons. The second-order valence-electron chi connectivity index (χ2n) is 8.43. The molecule has 0 spiro atoms. The van der Waals surface area contributed by atoms with Crippen LogP contribution in [0.2, 0.25) is 0 Å². The molecule has 1 aliphatic rings. The van der Waals surface area contributed by atoms with Crippen molar-refractivity contribution in [3.8, 4) is 11.3 Å². The van der Waals surface area contributed by atoms with E-state index in [1.807, 2.05) is 12.1 Å². The quantitative estimate of drug-likeness (QED) is 0.713. The summed E-state index contributed by atoms with van der Waals surface area (Å²) in [6.07, 6.45) is 5.50. The smallest absolute Gasteiger partial charge is 0.220 e. The molecule has 1 N–H and O–H groups in total. The van der Waals surface area contributed by atoms with E-state index in [-0.39, 0.29) is 5.91 Å². The van der Waals surface area contributed by atoms with Crippen LogP contribution in [0.15, 0.2) is 30.3 Å². The summed E-state index contributed by atoms with van der Waals surface area (Å²) in [5, 5.41) is 16.4. The van der Waals surface area contributed by atoms with Crippen molar-refractivity contribution in [1.82, 2.24) is 25.1 Å².